The standard InChI is InChI=1S/C12H13ClN2O3S/c1-8-2-4-10(18-8)7-15-19(16,17)12-6-9(13)3-5-11(12)14/h2-6,15H,7,14H2,1H3. The molecule has 1 aromatic carbocycles. The lowest BCUT2D eigenvalue weighted by Crippen LogP contribution is -2.24. The first-order valence-electron chi connectivity index (χ1n) is 5.48. The van der Waals surface area contributed by atoms with Crippen LogP contribution in [0.1, 0.15) is 11.5 Å². The Morgan fingerprint density at radius 1 is 1.32 bits per heavy atom. The van der Waals surface area contributed by atoms with E-state index in [4.69, 9.17) is 21.8 Å². The Morgan fingerprint density at radius 3 is 2.68 bits per heavy atom. The number of hydrogen-bond acceptors (Lipinski definition) is 4. The van der Waals surface area contributed by atoms with Gasteiger partial charge in [-0.15, -0.1) is 0 Å². The third-order valence-corrected chi connectivity index (χ3v) is 4.19. The molecule has 0 unspecified atom stereocenters. The molecule has 0 spiro atoms. The van der Waals surface area contributed by atoms with Crippen molar-refractivity contribution in [2.75, 3.05) is 5.73 Å². The first kappa shape index (κ1) is 13.9. The van der Waals surface area contributed by atoms with E-state index in [0.29, 0.717) is 10.8 Å². The fourth-order valence-electron chi connectivity index (χ4n) is 1.56. The molecule has 2 aromatic rings. The van der Waals surface area contributed by atoms with Gasteiger partial charge in [0.25, 0.3) is 0 Å². The van der Waals surface area contributed by atoms with Gasteiger partial charge >= 0.3 is 0 Å². The van der Waals surface area contributed by atoms with Gasteiger partial charge in [-0.25, -0.2) is 13.1 Å². The summed E-state index contributed by atoms with van der Waals surface area (Å²) in [5.41, 5.74) is 5.79. The van der Waals surface area contributed by atoms with Crippen molar-refractivity contribution in [3.8, 4) is 0 Å². The Kier molecular flexibility index (Phi) is 3.84. The highest BCUT2D eigenvalue weighted by Crippen LogP contribution is 2.22. The Bertz CT molecular complexity index is 695. The van der Waals surface area contributed by atoms with Crippen molar-refractivity contribution < 1.29 is 12.8 Å². The van der Waals surface area contributed by atoms with Crippen LogP contribution in [0.25, 0.3) is 0 Å². The van der Waals surface area contributed by atoms with Gasteiger partial charge in [0.05, 0.1) is 12.2 Å². The number of benzene rings is 1. The molecule has 5 nitrogen and oxygen atoms in total. The van der Waals surface area contributed by atoms with Crippen LogP contribution in [-0.2, 0) is 16.6 Å². The average molecular weight is 301 g/mol. The number of anilines is 1. The van der Waals surface area contributed by atoms with E-state index in [0.717, 1.165) is 5.76 Å². The van der Waals surface area contributed by atoms with E-state index in [9.17, 15) is 8.42 Å². The second-order valence-electron chi connectivity index (χ2n) is 4.02. The molecule has 0 radical (unpaired) electrons. The molecule has 3 N–H and O–H groups in total. The van der Waals surface area contributed by atoms with Crippen LogP contribution in [-0.4, -0.2) is 8.42 Å². The first-order chi connectivity index (χ1) is 8.88. The molecule has 2 rings (SSSR count). The lowest BCUT2D eigenvalue weighted by molar-refractivity contribution is 0.475. The molecule has 0 saturated carbocycles. The average Bonchev–Trinajstić information content (AvgIpc) is 2.76. The van der Waals surface area contributed by atoms with Crippen molar-refractivity contribution in [3.63, 3.8) is 0 Å². The van der Waals surface area contributed by atoms with E-state index < -0.39 is 10.0 Å². The minimum absolute atomic E-state index is 0.0386. The number of furan rings is 1. The summed E-state index contributed by atoms with van der Waals surface area (Å²) in [6, 6.07) is 7.77. The van der Waals surface area contributed by atoms with Gasteiger partial charge in [-0.1, -0.05) is 11.6 Å². The highest BCUT2D eigenvalue weighted by Gasteiger charge is 2.18. The molecular formula is C12H13ClN2O3S. The fraction of sp³-hybridized carbons (Fsp3) is 0.167. The third kappa shape index (κ3) is 3.28. The summed E-state index contributed by atoms with van der Waals surface area (Å²) in [7, 11) is -3.72. The molecule has 0 atom stereocenters. The van der Waals surface area contributed by atoms with Crippen LogP contribution in [0.4, 0.5) is 5.69 Å². The molecule has 0 fully saturated rings. The van der Waals surface area contributed by atoms with E-state index in [-0.39, 0.29) is 17.1 Å². The summed E-state index contributed by atoms with van der Waals surface area (Å²) in [4.78, 5) is -0.0386. The number of halogens is 1. The summed E-state index contributed by atoms with van der Waals surface area (Å²) in [5, 5.41) is 0.309. The number of rotatable bonds is 4. The van der Waals surface area contributed by atoms with Gasteiger partial charge in [0.15, 0.2) is 0 Å². The van der Waals surface area contributed by atoms with Gasteiger partial charge in [-0.05, 0) is 37.3 Å². The molecular weight excluding hydrogens is 288 g/mol. The molecule has 0 saturated heterocycles. The number of nitrogen functional groups attached to an aromatic ring is 1. The highest BCUT2D eigenvalue weighted by molar-refractivity contribution is 7.89. The van der Waals surface area contributed by atoms with Crippen LogP contribution in [0.2, 0.25) is 5.02 Å². The van der Waals surface area contributed by atoms with Crippen LogP contribution < -0.4 is 10.5 Å². The zero-order chi connectivity index (χ0) is 14.0. The monoisotopic (exact) mass is 300 g/mol. The van der Waals surface area contributed by atoms with E-state index >= 15 is 0 Å². The van der Waals surface area contributed by atoms with Crippen molar-refractivity contribution in [2.24, 2.45) is 0 Å². The van der Waals surface area contributed by atoms with Crippen molar-refractivity contribution in [1.82, 2.24) is 4.72 Å². The Hall–Kier alpha value is -1.50. The number of hydrogen-bond donors (Lipinski definition) is 2. The normalized spacial score (nSPS) is 11.7. The largest absolute Gasteiger partial charge is 0.465 e. The van der Waals surface area contributed by atoms with Crippen LogP contribution in [0.5, 0.6) is 0 Å². The summed E-state index contributed by atoms with van der Waals surface area (Å²) in [6.07, 6.45) is 0. The number of sulfonamides is 1. The number of aryl methyl sites for hydroxylation is 1. The van der Waals surface area contributed by atoms with E-state index in [1.54, 1.807) is 19.1 Å². The van der Waals surface area contributed by atoms with Crippen molar-refractivity contribution in [3.05, 3.63) is 46.9 Å². The molecule has 0 aliphatic rings. The van der Waals surface area contributed by atoms with Crippen LogP contribution >= 0.6 is 11.6 Å². The van der Waals surface area contributed by atoms with Crippen LogP contribution in [0.15, 0.2) is 39.6 Å². The Balaban J connectivity index is 2.20. The summed E-state index contributed by atoms with van der Waals surface area (Å²) in [6.45, 7) is 1.84. The summed E-state index contributed by atoms with van der Waals surface area (Å²) < 4.78 is 31.9. The Morgan fingerprint density at radius 2 is 2.05 bits per heavy atom. The first-order valence-corrected chi connectivity index (χ1v) is 7.34. The van der Waals surface area contributed by atoms with Crippen LogP contribution in [0.3, 0.4) is 0 Å². The molecule has 0 amide bonds. The maximum absolute atomic E-state index is 12.1. The number of nitrogens with one attached hydrogen (secondary N) is 1. The molecule has 1 aromatic heterocycles. The molecule has 102 valence electrons. The van der Waals surface area contributed by atoms with Gasteiger partial charge in [-0.2, -0.15) is 0 Å². The van der Waals surface area contributed by atoms with Crippen molar-refractivity contribution in [1.29, 1.82) is 0 Å². The SMILES string of the molecule is Cc1ccc(CNS(=O)(=O)c2cc(Cl)ccc2N)o1. The summed E-state index contributed by atoms with van der Waals surface area (Å²) in [5.74, 6) is 1.25. The molecule has 1 heterocycles. The number of nitrogens with two attached hydrogens (primary N) is 1. The molecule has 0 bridgehead atoms. The molecule has 19 heavy (non-hydrogen) atoms. The van der Waals surface area contributed by atoms with Gasteiger partial charge in [-0.3, -0.25) is 0 Å². The van der Waals surface area contributed by atoms with Gasteiger partial charge in [0.1, 0.15) is 16.4 Å². The highest BCUT2D eigenvalue weighted by atomic mass is 35.5. The lowest BCUT2D eigenvalue weighted by Gasteiger charge is -2.08. The van der Waals surface area contributed by atoms with E-state index in [1.807, 2.05) is 0 Å². The van der Waals surface area contributed by atoms with Gasteiger partial charge in [0, 0.05) is 5.02 Å². The molecule has 7 heteroatoms. The van der Waals surface area contributed by atoms with Gasteiger partial charge in [0.2, 0.25) is 10.0 Å². The molecule has 0 aliphatic heterocycles. The summed E-state index contributed by atoms with van der Waals surface area (Å²) >= 11 is 5.78. The van der Waals surface area contributed by atoms with Gasteiger partial charge < -0.3 is 10.2 Å². The topological polar surface area (TPSA) is 85.3 Å². The van der Waals surface area contributed by atoms with Crippen molar-refractivity contribution >= 4 is 27.3 Å². The van der Waals surface area contributed by atoms with E-state index in [2.05, 4.69) is 4.72 Å². The second kappa shape index (κ2) is 5.24. The van der Waals surface area contributed by atoms with Crippen molar-refractivity contribution in [2.45, 2.75) is 18.4 Å². The maximum Gasteiger partial charge on any atom is 0.243 e. The van der Waals surface area contributed by atoms with Crippen LogP contribution in [0, 0.1) is 6.92 Å². The third-order valence-electron chi connectivity index (χ3n) is 2.50. The fourth-order valence-corrected chi connectivity index (χ4v) is 2.95. The zero-order valence-electron chi connectivity index (χ0n) is 10.2. The lowest BCUT2D eigenvalue weighted by atomic mass is 10.3. The minimum atomic E-state index is -3.72. The second-order valence-corrected chi connectivity index (χ2v) is 6.19. The quantitative estimate of drug-likeness (QED) is 0.848. The predicted molar refractivity (Wildman–Crippen MR) is 73.3 cm³/mol. The minimum Gasteiger partial charge on any atom is -0.465 e. The predicted octanol–water partition coefficient (Wildman–Crippen LogP) is 2.30. The molecule has 0 aliphatic carbocycles. The zero-order valence-corrected chi connectivity index (χ0v) is 11.8. The maximum atomic E-state index is 12.1. The van der Waals surface area contributed by atoms with E-state index in [1.165, 1.54) is 18.2 Å². The smallest absolute Gasteiger partial charge is 0.243 e. The Labute approximate surface area is 116 Å².